The molecule has 176 valence electrons. The van der Waals surface area contributed by atoms with Crippen molar-refractivity contribution in [1.82, 2.24) is 10.6 Å². The summed E-state index contributed by atoms with van der Waals surface area (Å²) in [5.74, 6) is 0.0964. The van der Waals surface area contributed by atoms with Crippen molar-refractivity contribution in [3.8, 4) is 5.75 Å². The van der Waals surface area contributed by atoms with Crippen molar-refractivity contribution < 1.29 is 23.8 Å². The number of hydrogen-bond donors (Lipinski definition) is 3. The van der Waals surface area contributed by atoms with E-state index in [4.69, 9.17) is 26.4 Å². The molecule has 1 unspecified atom stereocenters. The van der Waals surface area contributed by atoms with E-state index in [9.17, 15) is 9.59 Å². The van der Waals surface area contributed by atoms with E-state index in [0.717, 1.165) is 19.4 Å². The van der Waals surface area contributed by atoms with Gasteiger partial charge in [-0.05, 0) is 83.5 Å². The summed E-state index contributed by atoms with van der Waals surface area (Å²) < 4.78 is 16.7. The van der Waals surface area contributed by atoms with Crippen LogP contribution in [0.3, 0.4) is 0 Å². The summed E-state index contributed by atoms with van der Waals surface area (Å²) in [4.78, 5) is 24.8. The number of carbonyl (C=O) groups is 2. The van der Waals surface area contributed by atoms with E-state index in [1.165, 1.54) is 0 Å². The maximum absolute atomic E-state index is 12.5. The number of methoxy groups -OCH3 is 1. The van der Waals surface area contributed by atoms with Crippen molar-refractivity contribution in [2.45, 2.75) is 18.9 Å². The van der Waals surface area contributed by atoms with Gasteiger partial charge in [0.15, 0.2) is 5.11 Å². The second-order valence-electron chi connectivity index (χ2n) is 7.32. The van der Waals surface area contributed by atoms with Crippen molar-refractivity contribution in [3.63, 3.8) is 0 Å². The van der Waals surface area contributed by atoms with Crippen molar-refractivity contribution in [2.75, 3.05) is 38.8 Å². The van der Waals surface area contributed by atoms with Crippen LogP contribution in [0.4, 0.5) is 5.69 Å². The predicted molar refractivity (Wildman–Crippen MR) is 133 cm³/mol. The molecule has 0 spiro atoms. The standard InChI is InChI=1S/C23H26BrN3O5S/c1-30-11-12-32-20-9-6-16(13-19(20)24)22(29)27-23(33)26-17-7-4-15(5-8-17)21(28)25-14-18-3-2-10-31-18/h4-9,13,18H,2-3,10-12,14H2,1H3,(H,25,28)(H2,26,27,29,33). The Hall–Kier alpha value is -2.53. The molecule has 1 fully saturated rings. The van der Waals surface area contributed by atoms with Crippen molar-refractivity contribution in [2.24, 2.45) is 0 Å². The van der Waals surface area contributed by atoms with E-state index < -0.39 is 0 Å². The molecule has 2 aromatic carbocycles. The lowest BCUT2D eigenvalue weighted by Crippen LogP contribution is -2.34. The molecule has 1 aliphatic heterocycles. The SMILES string of the molecule is COCCOc1ccc(C(=O)NC(=S)Nc2ccc(C(=O)NCC3CCCO3)cc2)cc1Br. The van der Waals surface area contributed by atoms with Crippen LogP contribution in [-0.2, 0) is 9.47 Å². The monoisotopic (exact) mass is 535 g/mol. The highest BCUT2D eigenvalue weighted by Gasteiger charge is 2.17. The van der Waals surface area contributed by atoms with Crippen LogP contribution in [0.25, 0.3) is 0 Å². The van der Waals surface area contributed by atoms with Crippen LogP contribution >= 0.6 is 28.1 Å². The Morgan fingerprint density at radius 1 is 1.12 bits per heavy atom. The van der Waals surface area contributed by atoms with Gasteiger partial charge in [-0.2, -0.15) is 0 Å². The number of anilines is 1. The molecule has 33 heavy (non-hydrogen) atoms. The van der Waals surface area contributed by atoms with Gasteiger partial charge in [0.2, 0.25) is 0 Å². The van der Waals surface area contributed by atoms with Gasteiger partial charge in [0.1, 0.15) is 12.4 Å². The molecule has 1 heterocycles. The highest BCUT2D eigenvalue weighted by Crippen LogP contribution is 2.26. The number of carbonyl (C=O) groups excluding carboxylic acids is 2. The van der Waals surface area contributed by atoms with Crippen molar-refractivity contribution in [3.05, 3.63) is 58.1 Å². The van der Waals surface area contributed by atoms with Crippen LogP contribution in [0.5, 0.6) is 5.75 Å². The van der Waals surface area contributed by atoms with E-state index >= 15 is 0 Å². The maximum Gasteiger partial charge on any atom is 0.257 e. The molecule has 0 aromatic heterocycles. The minimum Gasteiger partial charge on any atom is -0.490 e. The molecular weight excluding hydrogens is 510 g/mol. The maximum atomic E-state index is 12.5. The highest BCUT2D eigenvalue weighted by molar-refractivity contribution is 9.10. The first-order valence-corrected chi connectivity index (χ1v) is 11.7. The third-order valence-electron chi connectivity index (χ3n) is 4.89. The highest BCUT2D eigenvalue weighted by atomic mass is 79.9. The number of ether oxygens (including phenoxy) is 3. The smallest absolute Gasteiger partial charge is 0.257 e. The molecule has 1 aliphatic rings. The number of amides is 2. The van der Waals surface area contributed by atoms with E-state index in [0.29, 0.717) is 46.8 Å². The molecule has 1 saturated heterocycles. The fraction of sp³-hybridized carbons (Fsp3) is 0.348. The summed E-state index contributed by atoms with van der Waals surface area (Å²) in [5, 5.41) is 8.61. The van der Waals surface area contributed by atoms with Gasteiger partial charge < -0.3 is 24.8 Å². The third kappa shape index (κ3) is 7.78. The molecule has 0 radical (unpaired) electrons. The summed E-state index contributed by atoms with van der Waals surface area (Å²) in [5.41, 5.74) is 1.61. The van der Waals surface area contributed by atoms with E-state index in [1.54, 1.807) is 49.6 Å². The zero-order chi connectivity index (χ0) is 23.6. The minimum absolute atomic E-state index is 0.0934. The molecule has 2 amide bonds. The normalized spacial score (nSPS) is 15.0. The van der Waals surface area contributed by atoms with E-state index in [2.05, 4.69) is 31.9 Å². The first-order valence-electron chi connectivity index (χ1n) is 10.5. The van der Waals surface area contributed by atoms with Crippen LogP contribution in [0.1, 0.15) is 33.6 Å². The predicted octanol–water partition coefficient (Wildman–Crippen LogP) is 3.51. The van der Waals surface area contributed by atoms with Crippen LogP contribution in [0, 0.1) is 0 Å². The number of benzene rings is 2. The summed E-state index contributed by atoms with van der Waals surface area (Å²) in [7, 11) is 1.60. The Bertz CT molecular complexity index is 981. The lowest BCUT2D eigenvalue weighted by atomic mass is 10.2. The lowest BCUT2D eigenvalue weighted by Gasteiger charge is -2.12. The fourth-order valence-electron chi connectivity index (χ4n) is 3.15. The second kappa shape index (κ2) is 12.6. The second-order valence-corrected chi connectivity index (χ2v) is 8.58. The number of nitrogens with one attached hydrogen (secondary N) is 3. The molecule has 0 aliphatic carbocycles. The zero-order valence-electron chi connectivity index (χ0n) is 18.2. The lowest BCUT2D eigenvalue weighted by molar-refractivity contribution is 0.0857. The zero-order valence-corrected chi connectivity index (χ0v) is 20.6. The molecular formula is C23H26BrN3O5S. The average molecular weight is 536 g/mol. The molecule has 3 rings (SSSR count). The van der Waals surface area contributed by atoms with Crippen LogP contribution in [0.2, 0.25) is 0 Å². The van der Waals surface area contributed by atoms with Gasteiger partial charge in [-0.15, -0.1) is 0 Å². The summed E-state index contributed by atoms with van der Waals surface area (Å²) in [6.07, 6.45) is 2.09. The molecule has 1 atom stereocenters. The topological polar surface area (TPSA) is 97.9 Å². The number of hydrogen-bond acceptors (Lipinski definition) is 6. The minimum atomic E-state index is -0.359. The van der Waals surface area contributed by atoms with Gasteiger partial charge >= 0.3 is 0 Å². The summed E-state index contributed by atoms with van der Waals surface area (Å²) in [6.45, 7) is 2.13. The Morgan fingerprint density at radius 2 is 1.88 bits per heavy atom. The van der Waals surface area contributed by atoms with E-state index in [-0.39, 0.29) is 23.0 Å². The molecule has 0 saturated carbocycles. The van der Waals surface area contributed by atoms with Gasteiger partial charge in [-0.3, -0.25) is 14.9 Å². The third-order valence-corrected chi connectivity index (χ3v) is 5.71. The summed E-state index contributed by atoms with van der Waals surface area (Å²) in [6, 6.07) is 11.8. The largest absolute Gasteiger partial charge is 0.490 e. The van der Waals surface area contributed by atoms with Gasteiger partial charge in [0.25, 0.3) is 11.8 Å². The average Bonchev–Trinajstić information content (AvgIpc) is 3.33. The van der Waals surface area contributed by atoms with Gasteiger partial charge in [0, 0.05) is 37.1 Å². The number of halogens is 1. The van der Waals surface area contributed by atoms with Crippen molar-refractivity contribution >= 4 is 50.8 Å². The van der Waals surface area contributed by atoms with Crippen LogP contribution in [-0.4, -0.2) is 56.5 Å². The van der Waals surface area contributed by atoms with Crippen LogP contribution < -0.4 is 20.7 Å². The van der Waals surface area contributed by atoms with Crippen LogP contribution in [0.15, 0.2) is 46.9 Å². The molecule has 0 bridgehead atoms. The molecule has 8 nitrogen and oxygen atoms in total. The summed E-state index contributed by atoms with van der Waals surface area (Å²) >= 11 is 8.64. The molecule has 10 heteroatoms. The Kier molecular flexibility index (Phi) is 9.61. The molecule has 2 aromatic rings. The number of rotatable bonds is 9. The molecule has 3 N–H and O–H groups in total. The van der Waals surface area contributed by atoms with Gasteiger partial charge in [0.05, 0.1) is 17.2 Å². The Morgan fingerprint density at radius 3 is 2.55 bits per heavy atom. The first kappa shape index (κ1) is 25.1. The number of thiocarbonyl (C=S) groups is 1. The van der Waals surface area contributed by atoms with E-state index in [1.807, 2.05) is 0 Å². The Labute approximate surface area is 206 Å². The van der Waals surface area contributed by atoms with Gasteiger partial charge in [-0.25, -0.2) is 0 Å². The fourth-order valence-corrected chi connectivity index (χ4v) is 3.85. The Balaban J connectivity index is 1.48. The first-order chi connectivity index (χ1) is 16.0. The van der Waals surface area contributed by atoms with Gasteiger partial charge in [-0.1, -0.05) is 0 Å². The van der Waals surface area contributed by atoms with Crippen molar-refractivity contribution in [1.29, 1.82) is 0 Å². The quantitative estimate of drug-likeness (QED) is 0.334.